The number of nitrogens with zero attached hydrogens (tertiary/aromatic N) is 2. The molecule has 2 aromatic carbocycles. The molecule has 1 amide bonds. The Morgan fingerprint density at radius 3 is 2.57 bits per heavy atom. The van der Waals surface area contributed by atoms with E-state index in [1.54, 1.807) is 13.0 Å². The van der Waals surface area contributed by atoms with Crippen molar-refractivity contribution >= 4 is 21.6 Å². The monoisotopic (exact) mass is 427 g/mol. The van der Waals surface area contributed by atoms with Gasteiger partial charge < -0.3 is 9.80 Å². The van der Waals surface area contributed by atoms with Crippen molar-refractivity contribution in [2.24, 2.45) is 0 Å². The molecule has 0 aromatic heterocycles. The molecule has 1 fully saturated rings. The summed E-state index contributed by atoms with van der Waals surface area (Å²) in [7, 11) is -1.49. The highest BCUT2D eigenvalue weighted by Crippen LogP contribution is 2.37. The summed E-state index contributed by atoms with van der Waals surface area (Å²) in [6, 6.07) is 15.6. The van der Waals surface area contributed by atoms with Crippen molar-refractivity contribution in [2.75, 3.05) is 31.4 Å². The first kappa shape index (κ1) is 20.9. The summed E-state index contributed by atoms with van der Waals surface area (Å²) >= 11 is 0. The molecule has 0 bridgehead atoms. The molecule has 1 unspecified atom stereocenters. The summed E-state index contributed by atoms with van der Waals surface area (Å²) < 4.78 is 26.7. The van der Waals surface area contributed by atoms with Gasteiger partial charge in [-0.3, -0.25) is 9.52 Å². The van der Waals surface area contributed by atoms with Gasteiger partial charge in [0.25, 0.3) is 0 Å². The first-order valence-corrected chi connectivity index (χ1v) is 12.1. The maximum absolute atomic E-state index is 13.2. The molecule has 2 atom stereocenters. The third-order valence-electron chi connectivity index (χ3n) is 6.30. The maximum atomic E-state index is 13.2. The second kappa shape index (κ2) is 8.40. The minimum atomic E-state index is -3.36. The van der Waals surface area contributed by atoms with E-state index in [4.69, 9.17) is 0 Å². The van der Waals surface area contributed by atoms with Crippen LogP contribution < -0.4 is 4.72 Å². The van der Waals surface area contributed by atoms with Crippen molar-refractivity contribution in [2.45, 2.75) is 37.5 Å². The highest BCUT2D eigenvalue weighted by Gasteiger charge is 2.33. The number of anilines is 1. The fourth-order valence-corrected chi connectivity index (χ4v) is 5.57. The van der Waals surface area contributed by atoms with Gasteiger partial charge >= 0.3 is 0 Å². The van der Waals surface area contributed by atoms with Gasteiger partial charge in [0.05, 0.1) is 18.2 Å². The topological polar surface area (TPSA) is 69.7 Å². The van der Waals surface area contributed by atoms with Crippen molar-refractivity contribution in [1.82, 2.24) is 9.80 Å². The summed E-state index contributed by atoms with van der Waals surface area (Å²) in [6.45, 7) is 4.66. The number of fused-ring (bicyclic) bond motifs is 1. The second-order valence-electron chi connectivity index (χ2n) is 8.33. The van der Waals surface area contributed by atoms with E-state index < -0.39 is 15.3 Å². The zero-order valence-corrected chi connectivity index (χ0v) is 18.4. The molecule has 0 aliphatic carbocycles. The van der Waals surface area contributed by atoms with Crippen molar-refractivity contribution in [3.05, 3.63) is 65.2 Å². The predicted octanol–water partition coefficient (Wildman–Crippen LogP) is 3.34. The van der Waals surface area contributed by atoms with Crippen LogP contribution in [0.1, 0.15) is 47.7 Å². The van der Waals surface area contributed by atoms with Gasteiger partial charge in [-0.25, -0.2) is 8.42 Å². The van der Waals surface area contributed by atoms with E-state index in [2.05, 4.69) is 21.8 Å². The fourth-order valence-electron chi connectivity index (χ4n) is 4.37. The molecule has 2 aliphatic heterocycles. The molecule has 1 saturated heterocycles. The lowest BCUT2D eigenvalue weighted by Crippen LogP contribution is -2.39. The lowest BCUT2D eigenvalue weighted by Gasteiger charge is -2.32. The zero-order chi connectivity index (χ0) is 21.3. The van der Waals surface area contributed by atoms with Crippen molar-refractivity contribution in [3.63, 3.8) is 0 Å². The molecule has 0 spiro atoms. The van der Waals surface area contributed by atoms with Crippen LogP contribution in [-0.4, -0.2) is 50.8 Å². The first-order valence-electron chi connectivity index (χ1n) is 10.5. The summed E-state index contributed by atoms with van der Waals surface area (Å²) in [5.74, 6) is 0.0319. The van der Waals surface area contributed by atoms with Crippen LogP contribution in [0.25, 0.3) is 0 Å². The van der Waals surface area contributed by atoms with Crippen LogP contribution in [0.15, 0.2) is 48.5 Å². The van der Waals surface area contributed by atoms with Crippen molar-refractivity contribution in [3.8, 4) is 0 Å². The van der Waals surface area contributed by atoms with Crippen LogP contribution in [-0.2, 0) is 21.2 Å². The largest absolute Gasteiger partial charge is 0.337 e. The molecular formula is C23H29N3O3S. The Bertz CT molecular complexity index is 1020. The van der Waals surface area contributed by atoms with E-state index in [0.717, 1.165) is 36.3 Å². The Morgan fingerprint density at radius 2 is 1.87 bits per heavy atom. The van der Waals surface area contributed by atoms with Crippen LogP contribution in [0.2, 0.25) is 0 Å². The van der Waals surface area contributed by atoms with Gasteiger partial charge in [-0.2, -0.15) is 0 Å². The zero-order valence-electron chi connectivity index (χ0n) is 17.5. The molecule has 7 heteroatoms. The molecule has 30 heavy (non-hydrogen) atoms. The predicted molar refractivity (Wildman–Crippen MR) is 119 cm³/mol. The first-order chi connectivity index (χ1) is 14.3. The highest BCUT2D eigenvalue weighted by molar-refractivity contribution is 7.93. The standard InChI is InChI=1S/C23H29N3O3S/c1-17-20-14-18(10-11-21(20)24-30(17,28)29)15-23(27)25(2)22(16-26-12-6-7-13-26)19-8-4-3-5-9-19/h3-5,8-11,14,17,22,24H,6-7,12-13,15-16H2,1-2H3/t17-,22?/m0/s1. The fraction of sp³-hybridized carbons (Fsp3) is 0.435. The molecule has 6 nitrogen and oxygen atoms in total. The molecule has 2 heterocycles. The Kier molecular flexibility index (Phi) is 5.84. The number of likely N-dealkylation sites (N-methyl/N-ethyl adjacent to an activating group) is 1. The van der Waals surface area contributed by atoms with Crippen LogP contribution in [0, 0.1) is 0 Å². The van der Waals surface area contributed by atoms with Gasteiger partial charge in [-0.05, 0) is 55.6 Å². The lowest BCUT2D eigenvalue weighted by molar-refractivity contribution is -0.131. The number of hydrogen-bond acceptors (Lipinski definition) is 4. The Labute approximate surface area is 178 Å². The number of carbonyl (C=O) groups is 1. The van der Waals surface area contributed by atoms with E-state index in [1.165, 1.54) is 12.8 Å². The smallest absolute Gasteiger partial charge is 0.239 e. The van der Waals surface area contributed by atoms with E-state index in [9.17, 15) is 13.2 Å². The molecule has 2 aromatic rings. The van der Waals surface area contributed by atoms with E-state index in [1.807, 2.05) is 42.3 Å². The van der Waals surface area contributed by atoms with Gasteiger partial charge in [0.1, 0.15) is 5.25 Å². The van der Waals surface area contributed by atoms with Crippen molar-refractivity contribution in [1.29, 1.82) is 0 Å². The SMILES string of the molecule is C[C@H]1c2cc(CC(=O)N(C)C(CN3CCCC3)c3ccccc3)ccc2NS1(=O)=O. The van der Waals surface area contributed by atoms with E-state index in [0.29, 0.717) is 5.69 Å². The lowest BCUT2D eigenvalue weighted by atomic mass is 10.0. The van der Waals surface area contributed by atoms with Crippen LogP contribution >= 0.6 is 0 Å². The Morgan fingerprint density at radius 1 is 1.17 bits per heavy atom. The summed E-state index contributed by atoms with van der Waals surface area (Å²) in [5.41, 5.74) is 3.32. The molecule has 2 aliphatic rings. The van der Waals surface area contributed by atoms with Gasteiger partial charge in [-0.1, -0.05) is 42.5 Å². The maximum Gasteiger partial charge on any atom is 0.239 e. The van der Waals surface area contributed by atoms with Gasteiger partial charge in [0, 0.05) is 13.6 Å². The Balaban J connectivity index is 1.52. The third-order valence-corrected chi connectivity index (χ3v) is 7.99. The molecule has 0 saturated carbocycles. The van der Waals surface area contributed by atoms with E-state index in [-0.39, 0.29) is 18.4 Å². The van der Waals surface area contributed by atoms with Crippen molar-refractivity contribution < 1.29 is 13.2 Å². The average Bonchev–Trinajstić information content (AvgIpc) is 3.33. The minimum absolute atomic E-state index is 0.00723. The summed E-state index contributed by atoms with van der Waals surface area (Å²) in [6.07, 6.45) is 2.67. The van der Waals surface area contributed by atoms with Crippen LogP contribution in [0.3, 0.4) is 0 Å². The second-order valence-corrected chi connectivity index (χ2v) is 10.3. The number of rotatable bonds is 6. The van der Waals surface area contributed by atoms with Gasteiger partial charge in [0.2, 0.25) is 15.9 Å². The summed E-state index contributed by atoms with van der Waals surface area (Å²) in [4.78, 5) is 17.5. The van der Waals surface area contributed by atoms with Crippen LogP contribution in [0.4, 0.5) is 5.69 Å². The number of nitrogens with one attached hydrogen (secondary N) is 1. The normalized spacial score (nSPS) is 21.1. The number of likely N-dealkylation sites (tertiary alicyclic amines) is 1. The number of hydrogen-bond donors (Lipinski definition) is 1. The van der Waals surface area contributed by atoms with Gasteiger partial charge in [-0.15, -0.1) is 0 Å². The van der Waals surface area contributed by atoms with Gasteiger partial charge in [0.15, 0.2) is 0 Å². The summed E-state index contributed by atoms with van der Waals surface area (Å²) in [5, 5.41) is -0.604. The number of benzene rings is 2. The highest BCUT2D eigenvalue weighted by atomic mass is 32.2. The Hall–Kier alpha value is -2.38. The van der Waals surface area contributed by atoms with Crippen LogP contribution in [0.5, 0.6) is 0 Å². The van der Waals surface area contributed by atoms with E-state index >= 15 is 0 Å². The molecular weight excluding hydrogens is 398 g/mol. The third kappa shape index (κ3) is 4.23. The number of amides is 1. The molecule has 0 radical (unpaired) electrons. The molecule has 4 rings (SSSR count). The number of sulfonamides is 1. The number of carbonyl (C=O) groups excluding carboxylic acids is 1. The molecule has 160 valence electrons. The average molecular weight is 428 g/mol. The quantitative estimate of drug-likeness (QED) is 0.768. The minimum Gasteiger partial charge on any atom is -0.337 e. The molecule has 1 N–H and O–H groups in total.